The Morgan fingerprint density at radius 1 is 1.19 bits per heavy atom. The Bertz CT molecular complexity index is 866. The van der Waals surface area contributed by atoms with Gasteiger partial charge in [-0.3, -0.25) is 0 Å². The molecule has 7 heteroatoms. The zero-order valence-electron chi connectivity index (χ0n) is 15.4. The van der Waals surface area contributed by atoms with Crippen LogP contribution in [0.4, 0.5) is 11.6 Å². The summed E-state index contributed by atoms with van der Waals surface area (Å²) in [6, 6.07) is 12.8. The molecule has 0 bridgehead atoms. The first kappa shape index (κ1) is 17.9. The maximum Gasteiger partial charge on any atom is 0.134 e. The second-order valence-electron chi connectivity index (χ2n) is 6.63. The van der Waals surface area contributed by atoms with Gasteiger partial charge in [-0.15, -0.1) is 11.3 Å². The lowest BCUT2D eigenvalue weighted by atomic mass is 10.2. The molecular formula is C20H24N6S. The van der Waals surface area contributed by atoms with E-state index in [9.17, 15) is 0 Å². The number of benzene rings is 1. The van der Waals surface area contributed by atoms with Crippen molar-refractivity contribution in [1.82, 2.24) is 20.3 Å². The molecule has 1 aromatic carbocycles. The van der Waals surface area contributed by atoms with Crippen LogP contribution in [-0.4, -0.2) is 41.1 Å². The Morgan fingerprint density at radius 3 is 2.93 bits per heavy atom. The van der Waals surface area contributed by atoms with Crippen molar-refractivity contribution in [3.63, 3.8) is 0 Å². The summed E-state index contributed by atoms with van der Waals surface area (Å²) >= 11 is 1.75. The fourth-order valence-electron chi connectivity index (χ4n) is 3.46. The molecule has 4 rings (SSSR count). The molecular weight excluding hydrogens is 356 g/mol. The summed E-state index contributed by atoms with van der Waals surface area (Å²) in [7, 11) is 1.88. The van der Waals surface area contributed by atoms with E-state index >= 15 is 0 Å². The third kappa shape index (κ3) is 4.26. The third-order valence-electron chi connectivity index (χ3n) is 4.83. The summed E-state index contributed by atoms with van der Waals surface area (Å²) in [6.07, 6.45) is 6.00. The highest BCUT2D eigenvalue weighted by Gasteiger charge is 2.25. The van der Waals surface area contributed by atoms with Crippen molar-refractivity contribution < 1.29 is 0 Å². The van der Waals surface area contributed by atoms with E-state index < -0.39 is 0 Å². The molecule has 1 fully saturated rings. The molecule has 27 heavy (non-hydrogen) atoms. The molecule has 1 aliphatic heterocycles. The van der Waals surface area contributed by atoms with Crippen LogP contribution in [0.25, 0.3) is 10.6 Å². The van der Waals surface area contributed by atoms with Crippen molar-refractivity contribution in [2.45, 2.75) is 25.4 Å². The van der Waals surface area contributed by atoms with Gasteiger partial charge in [0.1, 0.15) is 23.0 Å². The van der Waals surface area contributed by atoms with E-state index in [1.807, 2.05) is 25.4 Å². The molecule has 1 unspecified atom stereocenters. The van der Waals surface area contributed by atoms with Gasteiger partial charge in [0.2, 0.25) is 0 Å². The molecule has 0 spiro atoms. The minimum Gasteiger partial charge on any atom is -0.373 e. The van der Waals surface area contributed by atoms with Gasteiger partial charge in [0, 0.05) is 55.4 Å². The normalized spacial score (nSPS) is 16.6. The zero-order valence-corrected chi connectivity index (χ0v) is 16.2. The summed E-state index contributed by atoms with van der Waals surface area (Å²) in [4.78, 5) is 16.9. The Hall–Kier alpha value is -2.51. The minimum absolute atomic E-state index is 0.464. The minimum atomic E-state index is 0.464. The van der Waals surface area contributed by atoms with Crippen molar-refractivity contribution in [3.05, 3.63) is 53.8 Å². The largest absolute Gasteiger partial charge is 0.373 e. The van der Waals surface area contributed by atoms with Gasteiger partial charge in [0.05, 0.1) is 0 Å². The summed E-state index contributed by atoms with van der Waals surface area (Å²) in [5.41, 5.74) is 1.18. The first-order valence-electron chi connectivity index (χ1n) is 9.31. The highest BCUT2D eigenvalue weighted by Crippen LogP contribution is 2.26. The Balaban J connectivity index is 1.34. The number of nitrogens with zero attached hydrogens (tertiary/aromatic N) is 4. The summed E-state index contributed by atoms with van der Waals surface area (Å²) in [6.45, 7) is 2.84. The number of hydrogen-bond donors (Lipinski definition) is 2. The molecule has 1 saturated heterocycles. The number of anilines is 2. The molecule has 6 nitrogen and oxygen atoms in total. The molecule has 1 aliphatic rings. The van der Waals surface area contributed by atoms with Gasteiger partial charge < -0.3 is 15.5 Å². The van der Waals surface area contributed by atoms with Crippen LogP contribution in [0.1, 0.15) is 17.7 Å². The van der Waals surface area contributed by atoms with Crippen LogP contribution in [0, 0.1) is 0 Å². The van der Waals surface area contributed by atoms with Crippen LogP contribution in [-0.2, 0) is 6.54 Å². The van der Waals surface area contributed by atoms with Gasteiger partial charge in [-0.1, -0.05) is 30.3 Å². The third-order valence-corrected chi connectivity index (χ3v) is 5.88. The van der Waals surface area contributed by atoms with Crippen LogP contribution in [0.3, 0.4) is 0 Å². The molecule has 2 aromatic heterocycles. The van der Waals surface area contributed by atoms with Gasteiger partial charge in [-0.25, -0.2) is 15.0 Å². The fraction of sp³-hybridized carbons (Fsp3) is 0.350. The molecule has 140 valence electrons. The molecule has 3 heterocycles. The topological polar surface area (TPSA) is 66.0 Å². The average molecular weight is 381 g/mol. The van der Waals surface area contributed by atoms with Crippen LogP contribution in [0.15, 0.2) is 48.9 Å². The predicted molar refractivity (Wildman–Crippen MR) is 111 cm³/mol. The van der Waals surface area contributed by atoms with E-state index in [-0.39, 0.29) is 0 Å². The molecule has 0 amide bonds. The van der Waals surface area contributed by atoms with Crippen LogP contribution >= 0.6 is 11.3 Å². The van der Waals surface area contributed by atoms with Crippen molar-refractivity contribution in [2.24, 2.45) is 0 Å². The first-order chi connectivity index (χ1) is 13.3. The number of thiazole rings is 1. The maximum absolute atomic E-state index is 4.56. The Kier molecular flexibility index (Phi) is 5.60. The van der Waals surface area contributed by atoms with Crippen molar-refractivity contribution >= 4 is 23.0 Å². The number of aromatic nitrogens is 3. The second-order valence-corrected chi connectivity index (χ2v) is 7.74. The Labute approximate surface area is 163 Å². The van der Waals surface area contributed by atoms with Crippen LogP contribution < -0.4 is 15.5 Å². The summed E-state index contributed by atoms with van der Waals surface area (Å²) in [5, 5.41) is 7.77. The van der Waals surface area contributed by atoms with Gasteiger partial charge >= 0.3 is 0 Å². The van der Waals surface area contributed by atoms with Crippen molar-refractivity contribution in [2.75, 3.05) is 30.4 Å². The summed E-state index contributed by atoms with van der Waals surface area (Å²) in [5.74, 6) is 1.86. The smallest absolute Gasteiger partial charge is 0.134 e. The molecule has 0 aliphatic carbocycles. The lowest BCUT2D eigenvalue weighted by Gasteiger charge is -2.26. The SMILES string of the molecule is CNc1cc(N2CCCC2CNCc2cnc(-c3ccccc3)s2)ncn1. The number of nitrogens with one attached hydrogen (secondary N) is 2. The average Bonchev–Trinajstić information content (AvgIpc) is 3.38. The van der Waals surface area contributed by atoms with Gasteiger partial charge in [0.15, 0.2) is 0 Å². The Morgan fingerprint density at radius 2 is 2.07 bits per heavy atom. The van der Waals surface area contributed by atoms with Gasteiger partial charge in [0.25, 0.3) is 0 Å². The van der Waals surface area contributed by atoms with E-state index in [1.54, 1.807) is 17.7 Å². The van der Waals surface area contributed by atoms with E-state index in [1.165, 1.54) is 23.3 Å². The molecule has 3 aromatic rings. The molecule has 1 atom stereocenters. The van der Waals surface area contributed by atoms with E-state index in [0.717, 1.165) is 36.3 Å². The van der Waals surface area contributed by atoms with Crippen LogP contribution in [0.5, 0.6) is 0 Å². The van der Waals surface area contributed by atoms with E-state index in [0.29, 0.717) is 6.04 Å². The van der Waals surface area contributed by atoms with Crippen molar-refractivity contribution in [3.8, 4) is 10.6 Å². The van der Waals surface area contributed by atoms with Gasteiger partial charge in [-0.05, 0) is 12.8 Å². The molecule has 0 radical (unpaired) electrons. The zero-order chi connectivity index (χ0) is 18.5. The standard InChI is InChI=1S/C20H24N6S/c1-21-18-10-19(25-14-24-18)26-9-5-8-16(26)11-22-12-17-13-23-20(27-17)15-6-3-2-4-7-15/h2-4,6-7,10,13-14,16,22H,5,8-9,11-12H2,1H3,(H,21,24,25). The highest BCUT2D eigenvalue weighted by molar-refractivity contribution is 7.15. The molecule has 0 saturated carbocycles. The lowest BCUT2D eigenvalue weighted by molar-refractivity contribution is 0.573. The van der Waals surface area contributed by atoms with E-state index in [4.69, 9.17) is 0 Å². The monoisotopic (exact) mass is 380 g/mol. The number of rotatable bonds is 7. The fourth-order valence-corrected chi connectivity index (χ4v) is 4.34. The van der Waals surface area contributed by atoms with Gasteiger partial charge in [-0.2, -0.15) is 0 Å². The second kappa shape index (κ2) is 8.45. The highest BCUT2D eigenvalue weighted by atomic mass is 32.1. The molecule has 2 N–H and O–H groups in total. The lowest BCUT2D eigenvalue weighted by Crippen LogP contribution is -2.38. The van der Waals surface area contributed by atoms with Crippen molar-refractivity contribution in [1.29, 1.82) is 0 Å². The first-order valence-corrected chi connectivity index (χ1v) is 10.1. The predicted octanol–water partition coefficient (Wildman–Crippen LogP) is 3.40. The number of hydrogen-bond acceptors (Lipinski definition) is 7. The maximum atomic E-state index is 4.56. The quantitative estimate of drug-likeness (QED) is 0.655. The summed E-state index contributed by atoms with van der Waals surface area (Å²) < 4.78 is 0. The van der Waals surface area contributed by atoms with E-state index in [2.05, 4.69) is 54.8 Å². The van der Waals surface area contributed by atoms with Crippen LogP contribution in [0.2, 0.25) is 0 Å².